The molecule has 11 heteroatoms. The first kappa shape index (κ1) is 26.5. The van der Waals surface area contributed by atoms with Crippen molar-refractivity contribution in [2.24, 2.45) is 0 Å². The summed E-state index contributed by atoms with van der Waals surface area (Å²) in [5.74, 6) is -4.77. The second-order valence-corrected chi connectivity index (χ2v) is 9.01. The Morgan fingerprint density at radius 2 is 1.20 bits per heavy atom. The van der Waals surface area contributed by atoms with Crippen LogP contribution in [0.3, 0.4) is 0 Å². The molecule has 0 spiro atoms. The largest absolute Gasteiger partial charge is 0.478 e. The maximum atomic E-state index is 13.1. The van der Waals surface area contributed by atoms with Crippen LogP contribution >= 0.6 is 45.8 Å². The molecule has 0 saturated heterocycles. The highest BCUT2D eigenvalue weighted by Crippen LogP contribution is 2.20. The molecule has 3 aromatic carbocycles. The molecule has 0 aliphatic rings. The lowest BCUT2D eigenvalue weighted by molar-refractivity contribution is -0.157. The number of esters is 2. The van der Waals surface area contributed by atoms with Crippen LogP contribution in [0.25, 0.3) is 0 Å². The number of amides is 1. The van der Waals surface area contributed by atoms with Crippen LogP contribution < -0.4 is 5.32 Å². The summed E-state index contributed by atoms with van der Waals surface area (Å²) in [5.41, 5.74) is 0.343. The number of para-hydroxylation sites is 1. The Morgan fingerprint density at radius 3 is 1.66 bits per heavy atom. The molecule has 180 valence electrons. The van der Waals surface area contributed by atoms with E-state index >= 15 is 0 Å². The van der Waals surface area contributed by atoms with E-state index in [0.29, 0.717) is 19.3 Å². The number of hydrogen-bond donors (Lipinski definition) is 2. The molecule has 2 N–H and O–H groups in total. The van der Waals surface area contributed by atoms with Crippen molar-refractivity contribution < 1.29 is 33.8 Å². The molecule has 2 atom stereocenters. The Labute approximate surface area is 223 Å². The van der Waals surface area contributed by atoms with Crippen molar-refractivity contribution >= 4 is 75.3 Å². The zero-order chi connectivity index (χ0) is 25.5. The van der Waals surface area contributed by atoms with Crippen molar-refractivity contribution in [3.63, 3.8) is 0 Å². The van der Waals surface area contributed by atoms with Crippen molar-refractivity contribution in [3.8, 4) is 0 Å². The minimum atomic E-state index is -2.16. The highest BCUT2D eigenvalue weighted by Gasteiger charge is 2.41. The maximum absolute atomic E-state index is 13.1. The average Bonchev–Trinajstić information content (AvgIpc) is 2.83. The lowest BCUT2D eigenvalue weighted by Gasteiger charge is -2.24. The van der Waals surface area contributed by atoms with Crippen LogP contribution in [0.4, 0.5) is 5.69 Å². The van der Waals surface area contributed by atoms with Crippen molar-refractivity contribution in [2.45, 2.75) is 12.2 Å². The summed E-state index contributed by atoms with van der Waals surface area (Å²) in [6.45, 7) is 0. The molecule has 0 aromatic heterocycles. The summed E-state index contributed by atoms with van der Waals surface area (Å²) in [6, 6.07) is 17.7. The van der Waals surface area contributed by atoms with E-state index in [9.17, 15) is 24.3 Å². The molecular formula is C24H16Cl2INO7. The van der Waals surface area contributed by atoms with Gasteiger partial charge in [0, 0.05) is 13.6 Å². The van der Waals surface area contributed by atoms with Crippen LogP contribution in [0.2, 0.25) is 10.0 Å². The van der Waals surface area contributed by atoms with Gasteiger partial charge >= 0.3 is 17.9 Å². The topological polar surface area (TPSA) is 119 Å². The van der Waals surface area contributed by atoms with Gasteiger partial charge in [-0.1, -0.05) is 35.3 Å². The minimum Gasteiger partial charge on any atom is -0.478 e. The third-order valence-corrected chi connectivity index (χ3v) is 5.98. The van der Waals surface area contributed by atoms with E-state index in [0.717, 1.165) is 0 Å². The molecule has 0 aliphatic carbocycles. The van der Waals surface area contributed by atoms with Crippen molar-refractivity contribution in [1.29, 1.82) is 0 Å². The molecule has 1 amide bonds. The Bertz CT molecular complexity index is 1250. The number of anilines is 1. The van der Waals surface area contributed by atoms with Crippen LogP contribution in [0.5, 0.6) is 0 Å². The van der Waals surface area contributed by atoms with Gasteiger partial charge in [-0.25, -0.2) is 14.4 Å². The molecule has 0 bridgehead atoms. The van der Waals surface area contributed by atoms with Gasteiger partial charge in [0.05, 0.1) is 16.8 Å². The summed E-state index contributed by atoms with van der Waals surface area (Å²) in [5, 5.41) is 13.0. The zero-order valence-electron chi connectivity index (χ0n) is 17.6. The van der Waals surface area contributed by atoms with Gasteiger partial charge in [0.2, 0.25) is 12.2 Å². The fourth-order valence-corrected chi connectivity index (χ4v) is 3.57. The van der Waals surface area contributed by atoms with Crippen molar-refractivity contribution in [2.75, 3.05) is 5.32 Å². The van der Waals surface area contributed by atoms with Gasteiger partial charge in [-0.05, 0) is 83.3 Å². The molecule has 35 heavy (non-hydrogen) atoms. The number of nitrogens with one attached hydrogen (secondary N) is 1. The second-order valence-electron chi connectivity index (χ2n) is 6.97. The number of carbonyl (C=O) groups is 4. The number of hydrogen-bond acceptors (Lipinski definition) is 6. The summed E-state index contributed by atoms with van der Waals surface area (Å²) >= 11 is 13.6. The molecule has 0 fully saturated rings. The first-order chi connectivity index (χ1) is 16.7. The molecule has 0 unspecified atom stereocenters. The molecule has 0 radical (unpaired) electrons. The van der Waals surface area contributed by atoms with Gasteiger partial charge in [0.1, 0.15) is 0 Å². The molecule has 0 heterocycles. The maximum Gasteiger partial charge on any atom is 0.349 e. The van der Waals surface area contributed by atoms with E-state index in [2.05, 4.69) is 5.32 Å². The standard InChI is InChI=1S/C24H16Cl2INO7/c25-15-9-5-13(6-10-15)23(32)34-19(21(29)28-18-4-2-1-3-17(18)27)20(22(30)31)35-24(33)14-7-11-16(26)12-8-14/h1-12,19-20H,(H,28,29)(H,30,31)/t19-,20-/m1/s1. The SMILES string of the molecule is O=C(O[C@@H](C(=O)O)[C@@H](OC(=O)c1ccc(Cl)cc1)C(=O)Nc1ccccc1I)c1ccc(Cl)cc1. The van der Waals surface area contributed by atoms with Gasteiger partial charge < -0.3 is 19.9 Å². The summed E-state index contributed by atoms with van der Waals surface area (Å²) in [6.07, 6.45) is -4.18. The Morgan fingerprint density at radius 1 is 0.743 bits per heavy atom. The third kappa shape index (κ3) is 7.17. The van der Waals surface area contributed by atoms with Crippen LogP contribution in [0.1, 0.15) is 20.7 Å². The third-order valence-electron chi connectivity index (χ3n) is 4.54. The zero-order valence-corrected chi connectivity index (χ0v) is 21.3. The van der Waals surface area contributed by atoms with Crippen LogP contribution in [-0.4, -0.2) is 41.1 Å². The van der Waals surface area contributed by atoms with Crippen LogP contribution in [-0.2, 0) is 19.1 Å². The average molecular weight is 628 g/mol. The second kappa shape index (κ2) is 12.0. The van der Waals surface area contributed by atoms with E-state index < -0.39 is 36.0 Å². The predicted octanol–water partition coefficient (Wildman–Crippen LogP) is 5.07. The highest BCUT2D eigenvalue weighted by molar-refractivity contribution is 14.1. The van der Waals surface area contributed by atoms with Gasteiger partial charge in [-0.3, -0.25) is 4.79 Å². The van der Waals surface area contributed by atoms with E-state index in [1.54, 1.807) is 24.3 Å². The number of halogens is 3. The minimum absolute atomic E-state index is 0.00894. The number of carboxylic acids is 1. The summed E-state index contributed by atoms with van der Waals surface area (Å²) < 4.78 is 11.0. The van der Waals surface area contributed by atoms with E-state index in [-0.39, 0.29) is 11.1 Å². The smallest absolute Gasteiger partial charge is 0.349 e. The molecular weight excluding hydrogens is 612 g/mol. The Kier molecular flexibility index (Phi) is 9.07. The summed E-state index contributed by atoms with van der Waals surface area (Å²) in [4.78, 5) is 50.5. The van der Waals surface area contributed by atoms with Crippen LogP contribution in [0.15, 0.2) is 72.8 Å². The number of carboxylic acid groups (broad SMARTS) is 1. The number of rotatable bonds is 8. The van der Waals surface area contributed by atoms with Gasteiger partial charge in [0.25, 0.3) is 5.91 Å². The fourth-order valence-electron chi connectivity index (χ4n) is 2.80. The first-order valence-electron chi connectivity index (χ1n) is 9.87. The number of carbonyl (C=O) groups excluding carboxylic acids is 3. The van der Waals surface area contributed by atoms with E-state index in [4.69, 9.17) is 32.7 Å². The van der Waals surface area contributed by atoms with E-state index in [1.165, 1.54) is 48.5 Å². The first-order valence-corrected chi connectivity index (χ1v) is 11.7. The van der Waals surface area contributed by atoms with Gasteiger partial charge in [0.15, 0.2) is 0 Å². The number of benzene rings is 3. The quantitative estimate of drug-likeness (QED) is 0.264. The highest BCUT2D eigenvalue weighted by atomic mass is 127. The lowest BCUT2D eigenvalue weighted by Crippen LogP contribution is -2.48. The fraction of sp³-hybridized carbons (Fsp3) is 0.0833. The lowest BCUT2D eigenvalue weighted by atomic mass is 10.1. The van der Waals surface area contributed by atoms with Crippen LogP contribution in [0, 0.1) is 3.57 Å². The van der Waals surface area contributed by atoms with Crippen molar-refractivity contribution in [3.05, 3.63) is 97.5 Å². The normalized spacial score (nSPS) is 12.2. The molecule has 8 nitrogen and oxygen atoms in total. The number of ether oxygens (including phenoxy) is 2. The molecule has 0 aliphatic heterocycles. The summed E-state index contributed by atoms with van der Waals surface area (Å²) in [7, 11) is 0. The van der Waals surface area contributed by atoms with Gasteiger partial charge in [-0.2, -0.15) is 0 Å². The molecule has 0 saturated carbocycles. The Hall–Kier alpha value is -3.15. The van der Waals surface area contributed by atoms with E-state index in [1.807, 2.05) is 22.6 Å². The predicted molar refractivity (Wildman–Crippen MR) is 137 cm³/mol. The Balaban J connectivity index is 1.91. The number of aliphatic carboxylic acids is 1. The molecule has 3 aromatic rings. The van der Waals surface area contributed by atoms with Gasteiger partial charge in [-0.15, -0.1) is 0 Å². The van der Waals surface area contributed by atoms with Crippen molar-refractivity contribution in [1.82, 2.24) is 0 Å². The molecule has 3 rings (SSSR count). The monoisotopic (exact) mass is 627 g/mol.